The highest BCUT2D eigenvalue weighted by molar-refractivity contribution is 5.82. The monoisotopic (exact) mass is 419 g/mol. The number of aromatic nitrogens is 4. The fourth-order valence-corrected chi connectivity index (χ4v) is 3.26. The summed E-state index contributed by atoms with van der Waals surface area (Å²) in [6, 6.07) is 13.1. The van der Waals surface area contributed by atoms with Gasteiger partial charge in [0, 0.05) is 11.3 Å². The first-order valence-corrected chi connectivity index (χ1v) is 9.44. The summed E-state index contributed by atoms with van der Waals surface area (Å²) in [5.74, 6) is 1.88. The minimum Gasteiger partial charge on any atom is -0.493 e. The molecule has 0 aliphatic rings. The van der Waals surface area contributed by atoms with Crippen LogP contribution in [-0.2, 0) is 0 Å². The summed E-state index contributed by atoms with van der Waals surface area (Å²) in [4.78, 5) is 21.9. The molecule has 4 rings (SSSR count). The highest BCUT2D eigenvalue weighted by atomic mass is 16.5. The van der Waals surface area contributed by atoms with Crippen molar-refractivity contribution in [3.8, 4) is 22.9 Å². The second kappa shape index (κ2) is 8.31. The highest BCUT2D eigenvalue weighted by Crippen LogP contribution is 2.37. The Kier molecular flexibility index (Phi) is 5.40. The van der Waals surface area contributed by atoms with Crippen LogP contribution in [0.2, 0.25) is 0 Å². The van der Waals surface area contributed by atoms with Gasteiger partial charge >= 0.3 is 5.56 Å². The van der Waals surface area contributed by atoms with Gasteiger partial charge in [-0.3, -0.25) is 9.36 Å². The van der Waals surface area contributed by atoms with Crippen LogP contribution in [-0.4, -0.2) is 46.8 Å². The van der Waals surface area contributed by atoms with Crippen LogP contribution >= 0.6 is 0 Å². The van der Waals surface area contributed by atoms with Crippen LogP contribution in [0.1, 0.15) is 11.4 Å². The van der Waals surface area contributed by atoms with Crippen LogP contribution in [0.3, 0.4) is 0 Å². The molecule has 9 heteroatoms. The van der Waals surface area contributed by atoms with Gasteiger partial charge in [0.15, 0.2) is 22.7 Å². The minimum atomic E-state index is -0.360. The molecule has 0 aliphatic carbocycles. The number of para-hydroxylation sites is 1. The molecule has 0 bridgehead atoms. The number of benzene rings is 2. The fourth-order valence-electron chi connectivity index (χ4n) is 3.26. The molecule has 0 aliphatic heterocycles. The van der Waals surface area contributed by atoms with Crippen molar-refractivity contribution in [1.29, 1.82) is 0 Å². The second-order valence-corrected chi connectivity index (χ2v) is 6.60. The zero-order chi connectivity index (χ0) is 22.0. The van der Waals surface area contributed by atoms with Gasteiger partial charge in [-0.2, -0.15) is 9.78 Å². The number of nitrogens with zero attached hydrogens (tertiary/aromatic N) is 5. The van der Waals surface area contributed by atoms with Gasteiger partial charge in [-0.15, -0.1) is 0 Å². The van der Waals surface area contributed by atoms with Crippen LogP contribution in [0, 0.1) is 6.92 Å². The first-order valence-electron chi connectivity index (χ1n) is 9.44. The third kappa shape index (κ3) is 3.61. The summed E-state index contributed by atoms with van der Waals surface area (Å²) in [5.41, 5.74) is 1.89. The number of aryl methyl sites for hydroxylation is 1. The zero-order valence-electron chi connectivity index (χ0n) is 17.6. The van der Waals surface area contributed by atoms with E-state index in [0.29, 0.717) is 34.3 Å². The molecule has 0 amide bonds. The van der Waals surface area contributed by atoms with E-state index >= 15 is 0 Å². The molecular weight excluding hydrogens is 398 g/mol. The maximum Gasteiger partial charge on any atom is 0.302 e. The third-order valence-corrected chi connectivity index (χ3v) is 4.76. The van der Waals surface area contributed by atoms with Crippen molar-refractivity contribution < 1.29 is 14.2 Å². The predicted octanol–water partition coefficient (Wildman–Crippen LogP) is 2.80. The van der Waals surface area contributed by atoms with Gasteiger partial charge in [0.25, 0.3) is 0 Å². The van der Waals surface area contributed by atoms with E-state index in [1.807, 2.05) is 30.3 Å². The van der Waals surface area contributed by atoms with Crippen molar-refractivity contribution in [2.24, 2.45) is 5.10 Å². The SMILES string of the molecule is COc1cc(C=Nn2c(C)nc3c(ncn3-c3ccccc3)c2=O)cc(OC)c1OC. The average Bonchev–Trinajstić information content (AvgIpc) is 3.22. The Balaban J connectivity index is 1.78. The van der Waals surface area contributed by atoms with Crippen molar-refractivity contribution in [1.82, 2.24) is 19.2 Å². The molecule has 31 heavy (non-hydrogen) atoms. The average molecular weight is 419 g/mol. The summed E-state index contributed by atoms with van der Waals surface area (Å²) in [7, 11) is 4.61. The Morgan fingerprint density at radius 1 is 1.00 bits per heavy atom. The Labute approximate surface area is 178 Å². The van der Waals surface area contributed by atoms with Crippen LogP contribution < -0.4 is 19.8 Å². The minimum absolute atomic E-state index is 0.233. The lowest BCUT2D eigenvalue weighted by Gasteiger charge is -2.12. The zero-order valence-corrected chi connectivity index (χ0v) is 17.6. The standard InChI is InChI=1S/C22H21N5O4/c1-14-25-21-19(23-13-26(21)16-8-6-5-7-9-16)22(28)27(14)24-12-15-10-17(29-2)20(31-4)18(11-15)30-3/h5-13H,1-4H3. The summed E-state index contributed by atoms with van der Waals surface area (Å²) in [5, 5.41) is 4.33. The van der Waals surface area contributed by atoms with Crippen molar-refractivity contribution in [2.45, 2.75) is 6.92 Å². The lowest BCUT2D eigenvalue weighted by atomic mass is 10.2. The second-order valence-electron chi connectivity index (χ2n) is 6.60. The molecule has 0 saturated heterocycles. The Hall–Kier alpha value is -4.14. The van der Waals surface area contributed by atoms with E-state index in [9.17, 15) is 4.79 Å². The van der Waals surface area contributed by atoms with Crippen LogP contribution in [0.25, 0.3) is 16.9 Å². The lowest BCUT2D eigenvalue weighted by Crippen LogP contribution is -2.21. The molecule has 0 atom stereocenters. The lowest BCUT2D eigenvalue weighted by molar-refractivity contribution is 0.324. The normalized spacial score (nSPS) is 11.2. The first kappa shape index (κ1) is 20.1. The number of imidazole rings is 1. The van der Waals surface area contributed by atoms with Crippen molar-refractivity contribution >= 4 is 17.4 Å². The molecule has 0 unspecified atom stereocenters. The molecule has 158 valence electrons. The molecule has 0 saturated carbocycles. The molecular formula is C22H21N5O4. The van der Waals surface area contributed by atoms with Crippen molar-refractivity contribution in [2.75, 3.05) is 21.3 Å². The number of methoxy groups -OCH3 is 3. The molecule has 0 radical (unpaired) electrons. The largest absolute Gasteiger partial charge is 0.493 e. The van der Waals surface area contributed by atoms with Crippen LogP contribution in [0.4, 0.5) is 0 Å². The van der Waals surface area contributed by atoms with Crippen LogP contribution in [0.15, 0.2) is 58.7 Å². The topological polar surface area (TPSA) is 92.8 Å². The summed E-state index contributed by atoms with van der Waals surface area (Å²) >= 11 is 0. The van der Waals surface area contributed by atoms with Gasteiger partial charge in [0.2, 0.25) is 5.75 Å². The van der Waals surface area contributed by atoms with Gasteiger partial charge in [-0.1, -0.05) is 18.2 Å². The summed E-state index contributed by atoms with van der Waals surface area (Å²) in [6.07, 6.45) is 3.11. The Bertz CT molecular complexity index is 1300. The van der Waals surface area contributed by atoms with Gasteiger partial charge in [-0.05, 0) is 31.2 Å². The van der Waals surface area contributed by atoms with Gasteiger partial charge in [0.05, 0.1) is 27.5 Å². The van der Waals surface area contributed by atoms with E-state index < -0.39 is 0 Å². The van der Waals surface area contributed by atoms with E-state index in [0.717, 1.165) is 5.69 Å². The molecule has 2 aromatic heterocycles. The molecule has 0 fully saturated rings. The van der Waals surface area contributed by atoms with E-state index in [1.165, 1.54) is 32.2 Å². The summed E-state index contributed by atoms with van der Waals surface area (Å²) in [6.45, 7) is 1.72. The number of ether oxygens (including phenoxy) is 3. The van der Waals surface area contributed by atoms with Gasteiger partial charge < -0.3 is 14.2 Å². The van der Waals surface area contributed by atoms with Gasteiger partial charge in [-0.25, -0.2) is 9.97 Å². The van der Waals surface area contributed by atoms with E-state index in [1.54, 1.807) is 30.0 Å². The molecule has 2 heterocycles. The molecule has 2 aromatic carbocycles. The number of hydrogen-bond acceptors (Lipinski definition) is 7. The maximum atomic E-state index is 13.0. The molecule has 0 N–H and O–H groups in total. The number of rotatable bonds is 6. The molecule has 9 nitrogen and oxygen atoms in total. The van der Waals surface area contributed by atoms with Crippen molar-refractivity contribution in [3.63, 3.8) is 0 Å². The molecule has 0 spiro atoms. The number of hydrogen-bond donors (Lipinski definition) is 0. The maximum absolute atomic E-state index is 13.0. The number of fused-ring (bicyclic) bond motifs is 1. The Morgan fingerprint density at radius 3 is 2.29 bits per heavy atom. The van der Waals surface area contributed by atoms with E-state index in [2.05, 4.69) is 15.1 Å². The predicted molar refractivity (Wildman–Crippen MR) is 117 cm³/mol. The third-order valence-electron chi connectivity index (χ3n) is 4.76. The molecule has 4 aromatic rings. The highest BCUT2D eigenvalue weighted by Gasteiger charge is 2.15. The smallest absolute Gasteiger partial charge is 0.302 e. The summed E-state index contributed by atoms with van der Waals surface area (Å²) < 4.78 is 19.0. The van der Waals surface area contributed by atoms with E-state index in [4.69, 9.17) is 14.2 Å². The van der Waals surface area contributed by atoms with Crippen molar-refractivity contribution in [3.05, 3.63) is 70.5 Å². The van der Waals surface area contributed by atoms with Gasteiger partial charge in [0.1, 0.15) is 12.2 Å². The van der Waals surface area contributed by atoms with E-state index in [-0.39, 0.29) is 11.1 Å². The van der Waals surface area contributed by atoms with Crippen LogP contribution in [0.5, 0.6) is 17.2 Å². The Morgan fingerprint density at radius 2 is 1.68 bits per heavy atom. The first-order chi connectivity index (χ1) is 15.1. The fraction of sp³-hybridized carbons (Fsp3) is 0.182. The quantitative estimate of drug-likeness (QED) is 0.446.